The summed E-state index contributed by atoms with van der Waals surface area (Å²) in [4.78, 5) is 2.25. The zero-order chi connectivity index (χ0) is 14.5. The molecular formula is C12H23N3O3S. The van der Waals surface area contributed by atoms with Crippen LogP contribution in [0, 0.1) is 6.92 Å². The Morgan fingerprint density at radius 3 is 2.58 bits per heavy atom. The Labute approximate surface area is 115 Å². The Morgan fingerprint density at radius 2 is 2.05 bits per heavy atom. The van der Waals surface area contributed by atoms with E-state index in [2.05, 4.69) is 9.62 Å². The van der Waals surface area contributed by atoms with Crippen molar-refractivity contribution in [1.82, 2.24) is 9.62 Å². The zero-order valence-corrected chi connectivity index (χ0v) is 12.6. The molecule has 3 N–H and O–H groups in total. The molecule has 0 aliphatic rings. The normalized spacial score (nSPS) is 12.3. The van der Waals surface area contributed by atoms with Crippen molar-refractivity contribution in [2.24, 2.45) is 5.73 Å². The lowest BCUT2D eigenvalue weighted by molar-refractivity contribution is 0.394. The molecule has 0 unspecified atom stereocenters. The molecule has 1 heterocycles. The average Bonchev–Trinajstić information content (AvgIpc) is 2.70. The number of nitrogens with one attached hydrogen (secondary N) is 1. The lowest BCUT2D eigenvalue weighted by Crippen LogP contribution is -2.25. The van der Waals surface area contributed by atoms with Crippen LogP contribution in [-0.4, -0.2) is 40.5 Å². The Balaban J connectivity index is 2.53. The summed E-state index contributed by atoms with van der Waals surface area (Å²) in [6.45, 7) is 3.20. The third-order valence-electron chi connectivity index (χ3n) is 2.74. The smallest absolute Gasteiger partial charge is 0.244 e. The van der Waals surface area contributed by atoms with E-state index in [0.29, 0.717) is 18.1 Å². The van der Waals surface area contributed by atoms with Crippen LogP contribution in [0.4, 0.5) is 0 Å². The van der Waals surface area contributed by atoms with E-state index >= 15 is 0 Å². The van der Waals surface area contributed by atoms with E-state index in [1.54, 1.807) is 6.92 Å². The van der Waals surface area contributed by atoms with Gasteiger partial charge in [0.1, 0.15) is 16.4 Å². The lowest BCUT2D eigenvalue weighted by atomic mass is 10.3. The molecule has 0 spiro atoms. The van der Waals surface area contributed by atoms with Gasteiger partial charge in [-0.3, -0.25) is 0 Å². The SMILES string of the molecule is Cc1oc(CN)cc1S(=O)(=O)NCCCCN(C)C. The molecule has 0 saturated heterocycles. The van der Waals surface area contributed by atoms with E-state index in [1.807, 2.05) is 14.1 Å². The van der Waals surface area contributed by atoms with Crippen LogP contribution in [0.5, 0.6) is 0 Å². The minimum atomic E-state index is -3.49. The highest BCUT2D eigenvalue weighted by Crippen LogP contribution is 2.19. The van der Waals surface area contributed by atoms with Crippen LogP contribution in [0.15, 0.2) is 15.4 Å². The summed E-state index contributed by atoms with van der Waals surface area (Å²) < 4.78 is 32.0. The van der Waals surface area contributed by atoms with E-state index in [4.69, 9.17) is 10.2 Å². The standard InChI is InChI=1S/C12H23N3O3S/c1-10-12(8-11(9-13)18-10)19(16,17)14-6-4-5-7-15(2)3/h8,14H,4-7,9,13H2,1-3H3. The van der Waals surface area contributed by atoms with Crippen LogP contribution in [-0.2, 0) is 16.6 Å². The van der Waals surface area contributed by atoms with Gasteiger partial charge >= 0.3 is 0 Å². The van der Waals surface area contributed by atoms with Gasteiger partial charge in [-0.1, -0.05) is 0 Å². The number of hydrogen-bond acceptors (Lipinski definition) is 5. The maximum Gasteiger partial charge on any atom is 0.244 e. The summed E-state index contributed by atoms with van der Waals surface area (Å²) in [6, 6.07) is 1.48. The highest BCUT2D eigenvalue weighted by molar-refractivity contribution is 7.89. The first kappa shape index (κ1) is 16.2. The van der Waals surface area contributed by atoms with E-state index < -0.39 is 10.0 Å². The van der Waals surface area contributed by atoms with E-state index in [0.717, 1.165) is 19.4 Å². The second kappa shape index (κ2) is 7.04. The Hall–Kier alpha value is -0.890. The summed E-state index contributed by atoms with van der Waals surface area (Å²) in [5.41, 5.74) is 5.43. The summed E-state index contributed by atoms with van der Waals surface area (Å²) in [7, 11) is 0.493. The van der Waals surface area contributed by atoms with Gasteiger partial charge in [0, 0.05) is 12.6 Å². The highest BCUT2D eigenvalue weighted by Gasteiger charge is 2.20. The Bertz CT molecular complexity index is 494. The quantitative estimate of drug-likeness (QED) is 0.687. The summed E-state index contributed by atoms with van der Waals surface area (Å²) >= 11 is 0. The van der Waals surface area contributed by atoms with Crippen molar-refractivity contribution in [1.29, 1.82) is 0 Å². The molecule has 0 fully saturated rings. The molecule has 1 aromatic rings. The van der Waals surface area contributed by atoms with Crippen molar-refractivity contribution >= 4 is 10.0 Å². The molecule has 1 rings (SSSR count). The molecule has 0 saturated carbocycles. The number of sulfonamides is 1. The van der Waals surface area contributed by atoms with Crippen molar-refractivity contribution in [2.45, 2.75) is 31.2 Å². The lowest BCUT2D eigenvalue weighted by Gasteiger charge is -2.09. The molecule has 19 heavy (non-hydrogen) atoms. The van der Waals surface area contributed by atoms with Crippen molar-refractivity contribution in [3.63, 3.8) is 0 Å². The van der Waals surface area contributed by atoms with Gasteiger partial charge < -0.3 is 15.1 Å². The number of rotatable bonds is 8. The Kier molecular flexibility index (Phi) is 5.99. The van der Waals surface area contributed by atoms with Crippen molar-refractivity contribution in [2.75, 3.05) is 27.2 Å². The number of nitrogens with two attached hydrogens (primary N) is 1. The predicted molar refractivity (Wildman–Crippen MR) is 74.3 cm³/mol. The molecule has 1 aromatic heterocycles. The molecule has 0 aromatic carbocycles. The second-order valence-corrected chi connectivity index (χ2v) is 6.48. The molecule has 6 nitrogen and oxygen atoms in total. The molecule has 0 aliphatic heterocycles. The van der Waals surface area contributed by atoms with Gasteiger partial charge in [-0.15, -0.1) is 0 Å². The second-order valence-electron chi connectivity index (χ2n) is 4.75. The van der Waals surface area contributed by atoms with Crippen LogP contribution in [0.2, 0.25) is 0 Å². The first-order valence-corrected chi connectivity index (χ1v) is 7.79. The fourth-order valence-corrected chi connectivity index (χ4v) is 3.00. The first-order chi connectivity index (χ1) is 8.86. The monoisotopic (exact) mass is 289 g/mol. The molecule has 7 heteroatoms. The molecule has 0 bridgehead atoms. The molecule has 0 atom stereocenters. The number of furan rings is 1. The first-order valence-electron chi connectivity index (χ1n) is 6.30. The summed E-state index contributed by atoms with van der Waals surface area (Å²) in [5.74, 6) is 0.853. The van der Waals surface area contributed by atoms with E-state index in [1.165, 1.54) is 6.07 Å². The Morgan fingerprint density at radius 1 is 1.37 bits per heavy atom. The summed E-state index contributed by atoms with van der Waals surface area (Å²) in [5, 5.41) is 0. The number of hydrogen-bond donors (Lipinski definition) is 2. The minimum absolute atomic E-state index is 0.181. The predicted octanol–water partition coefficient (Wildman–Crippen LogP) is 0.667. The average molecular weight is 289 g/mol. The summed E-state index contributed by atoms with van der Waals surface area (Å²) in [6.07, 6.45) is 1.76. The molecule has 110 valence electrons. The van der Waals surface area contributed by atoms with E-state index in [9.17, 15) is 8.42 Å². The van der Waals surface area contributed by atoms with Gasteiger partial charge in [-0.2, -0.15) is 0 Å². The highest BCUT2D eigenvalue weighted by atomic mass is 32.2. The van der Waals surface area contributed by atoms with Gasteiger partial charge in [-0.25, -0.2) is 13.1 Å². The van der Waals surface area contributed by atoms with Crippen LogP contribution >= 0.6 is 0 Å². The number of aryl methyl sites for hydroxylation is 1. The van der Waals surface area contributed by atoms with Crippen LogP contribution in [0.3, 0.4) is 0 Å². The van der Waals surface area contributed by atoms with Gasteiger partial charge in [0.15, 0.2) is 0 Å². The fourth-order valence-electron chi connectivity index (χ4n) is 1.73. The van der Waals surface area contributed by atoms with Crippen molar-refractivity contribution in [3.05, 3.63) is 17.6 Å². The van der Waals surface area contributed by atoms with Gasteiger partial charge in [0.2, 0.25) is 10.0 Å². The van der Waals surface area contributed by atoms with Crippen LogP contribution < -0.4 is 10.5 Å². The third kappa shape index (κ3) is 4.94. The molecule has 0 radical (unpaired) electrons. The van der Waals surface area contributed by atoms with E-state index in [-0.39, 0.29) is 11.4 Å². The van der Waals surface area contributed by atoms with Crippen LogP contribution in [0.1, 0.15) is 24.4 Å². The minimum Gasteiger partial charge on any atom is -0.464 e. The fraction of sp³-hybridized carbons (Fsp3) is 0.667. The molecule has 0 amide bonds. The van der Waals surface area contributed by atoms with Gasteiger partial charge in [-0.05, 0) is 40.4 Å². The van der Waals surface area contributed by atoms with Gasteiger partial charge in [0.25, 0.3) is 0 Å². The molecule has 0 aliphatic carbocycles. The maximum absolute atomic E-state index is 12.1. The maximum atomic E-state index is 12.1. The molecular weight excluding hydrogens is 266 g/mol. The van der Waals surface area contributed by atoms with Gasteiger partial charge in [0.05, 0.1) is 6.54 Å². The topological polar surface area (TPSA) is 88.6 Å². The third-order valence-corrected chi connectivity index (χ3v) is 4.31. The number of unbranched alkanes of at least 4 members (excludes halogenated alkanes) is 1. The van der Waals surface area contributed by atoms with Crippen LogP contribution in [0.25, 0.3) is 0 Å². The largest absolute Gasteiger partial charge is 0.464 e. The zero-order valence-electron chi connectivity index (χ0n) is 11.8. The number of nitrogens with zero attached hydrogens (tertiary/aromatic N) is 1. The van der Waals surface area contributed by atoms with Crippen molar-refractivity contribution in [3.8, 4) is 0 Å². The van der Waals surface area contributed by atoms with Crippen molar-refractivity contribution < 1.29 is 12.8 Å².